The van der Waals surface area contributed by atoms with Gasteiger partial charge in [0.1, 0.15) is 10.4 Å². The molecule has 136 valence electrons. The maximum absolute atomic E-state index is 12.7. The van der Waals surface area contributed by atoms with Gasteiger partial charge in [0.2, 0.25) is 0 Å². The number of benzene rings is 1. The van der Waals surface area contributed by atoms with Gasteiger partial charge in [0.05, 0.1) is 0 Å². The lowest BCUT2D eigenvalue weighted by Gasteiger charge is -2.12. The van der Waals surface area contributed by atoms with Crippen LogP contribution in [0.5, 0.6) is 0 Å². The molecule has 3 rings (SSSR count). The summed E-state index contributed by atoms with van der Waals surface area (Å²) in [6.45, 7) is 2.11. The number of halogens is 1. The van der Waals surface area contributed by atoms with E-state index in [4.69, 9.17) is 11.6 Å². The third-order valence-electron chi connectivity index (χ3n) is 4.09. The monoisotopic (exact) mass is 390 g/mol. The summed E-state index contributed by atoms with van der Waals surface area (Å²) >= 11 is 7.60. The van der Waals surface area contributed by atoms with Crippen LogP contribution in [0.3, 0.4) is 0 Å². The molecule has 0 fully saturated rings. The molecule has 8 heteroatoms. The lowest BCUT2D eigenvalue weighted by molar-refractivity contribution is 0.703. The van der Waals surface area contributed by atoms with Crippen molar-refractivity contribution < 1.29 is 0 Å². The molecule has 0 aliphatic carbocycles. The molecular weight excluding hydrogens is 372 g/mol. The van der Waals surface area contributed by atoms with Crippen molar-refractivity contribution in [3.63, 3.8) is 0 Å². The zero-order valence-corrected chi connectivity index (χ0v) is 16.4. The standard InChI is InChI=1S/C18H19ClN4O2S/c1-4-5-9-26-16-13-15(22(2)18(25)23(3)17(13)24)20-14(21-16)11-7-6-8-12(19)10-11/h6-8,10H,4-5,9H2,1-3H3. The Morgan fingerprint density at radius 3 is 2.62 bits per heavy atom. The fourth-order valence-electron chi connectivity index (χ4n) is 2.60. The van der Waals surface area contributed by atoms with Gasteiger partial charge in [-0.2, -0.15) is 0 Å². The van der Waals surface area contributed by atoms with Gasteiger partial charge in [-0.05, 0) is 24.3 Å². The van der Waals surface area contributed by atoms with E-state index in [0.717, 1.165) is 28.7 Å². The Hall–Kier alpha value is -2.12. The smallest absolute Gasteiger partial charge is 0.280 e. The highest BCUT2D eigenvalue weighted by Gasteiger charge is 2.18. The van der Waals surface area contributed by atoms with E-state index in [1.54, 1.807) is 19.2 Å². The SMILES string of the molecule is CCCCSc1nc(-c2cccc(Cl)c2)nc2c1c(=O)n(C)c(=O)n2C. The molecule has 0 N–H and O–H groups in total. The predicted molar refractivity (Wildman–Crippen MR) is 106 cm³/mol. The van der Waals surface area contributed by atoms with Crippen LogP contribution in [0.25, 0.3) is 22.4 Å². The van der Waals surface area contributed by atoms with Crippen LogP contribution in [0.1, 0.15) is 19.8 Å². The maximum Gasteiger partial charge on any atom is 0.332 e. The van der Waals surface area contributed by atoms with Gasteiger partial charge >= 0.3 is 5.69 Å². The Bertz CT molecular complexity index is 1090. The minimum atomic E-state index is -0.414. The van der Waals surface area contributed by atoms with E-state index < -0.39 is 5.69 Å². The molecule has 2 aromatic heterocycles. The highest BCUT2D eigenvalue weighted by atomic mass is 35.5. The van der Waals surface area contributed by atoms with Crippen molar-refractivity contribution in [1.29, 1.82) is 0 Å². The summed E-state index contributed by atoms with van der Waals surface area (Å²) < 4.78 is 2.48. The Labute approximate surface area is 159 Å². The number of unbranched alkanes of at least 4 members (excludes halogenated alkanes) is 1. The molecule has 2 heterocycles. The summed E-state index contributed by atoms with van der Waals surface area (Å²) in [4.78, 5) is 34.1. The second-order valence-corrected chi connectivity index (χ2v) is 7.49. The summed E-state index contributed by atoms with van der Waals surface area (Å²) in [7, 11) is 3.08. The zero-order chi connectivity index (χ0) is 18.8. The predicted octanol–water partition coefficient (Wildman–Crippen LogP) is 3.24. The first kappa shape index (κ1) is 18.7. The number of rotatable bonds is 5. The highest BCUT2D eigenvalue weighted by molar-refractivity contribution is 7.99. The summed E-state index contributed by atoms with van der Waals surface area (Å²) in [5.74, 6) is 1.28. The molecule has 26 heavy (non-hydrogen) atoms. The van der Waals surface area contributed by atoms with Gasteiger partial charge < -0.3 is 0 Å². The Kier molecular flexibility index (Phi) is 5.48. The second-order valence-electron chi connectivity index (χ2n) is 5.97. The second kappa shape index (κ2) is 7.63. The van der Waals surface area contributed by atoms with Crippen LogP contribution in [0.4, 0.5) is 0 Å². The average molecular weight is 391 g/mol. The fourth-order valence-corrected chi connectivity index (χ4v) is 3.89. The normalized spacial score (nSPS) is 11.2. The first-order chi connectivity index (χ1) is 12.4. The summed E-state index contributed by atoms with van der Waals surface area (Å²) in [5.41, 5.74) is 0.287. The molecule has 1 aromatic carbocycles. The van der Waals surface area contributed by atoms with E-state index >= 15 is 0 Å². The zero-order valence-electron chi connectivity index (χ0n) is 14.8. The molecule has 0 saturated heterocycles. The Morgan fingerprint density at radius 2 is 1.92 bits per heavy atom. The third-order valence-corrected chi connectivity index (χ3v) is 5.38. The third kappa shape index (κ3) is 3.41. The molecule has 0 amide bonds. The van der Waals surface area contributed by atoms with E-state index in [1.165, 1.54) is 23.4 Å². The van der Waals surface area contributed by atoms with Crippen LogP contribution in [0.2, 0.25) is 5.02 Å². The number of aromatic nitrogens is 4. The number of aryl methyl sites for hydroxylation is 1. The van der Waals surface area contributed by atoms with Crippen molar-refractivity contribution in [1.82, 2.24) is 19.1 Å². The molecule has 6 nitrogen and oxygen atoms in total. The first-order valence-electron chi connectivity index (χ1n) is 8.30. The molecule has 0 saturated carbocycles. The van der Waals surface area contributed by atoms with Gasteiger partial charge in [0, 0.05) is 24.7 Å². The van der Waals surface area contributed by atoms with Crippen LogP contribution in [-0.2, 0) is 14.1 Å². The fraction of sp³-hybridized carbons (Fsp3) is 0.333. The van der Waals surface area contributed by atoms with Gasteiger partial charge in [0.25, 0.3) is 5.56 Å². The molecule has 0 aliphatic rings. The molecule has 0 aliphatic heterocycles. The minimum Gasteiger partial charge on any atom is -0.280 e. The maximum atomic E-state index is 12.7. The topological polar surface area (TPSA) is 69.8 Å². The molecule has 0 radical (unpaired) electrons. The Morgan fingerprint density at radius 1 is 1.15 bits per heavy atom. The van der Waals surface area contributed by atoms with E-state index in [1.807, 2.05) is 12.1 Å². The van der Waals surface area contributed by atoms with Crippen molar-refractivity contribution in [2.24, 2.45) is 14.1 Å². The van der Waals surface area contributed by atoms with E-state index in [0.29, 0.717) is 26.9 Å². The molecule has 0 unspecified atom stereocenters. The van der Waals surface area contributed by atoms with Crippen LogP contribution < -0.4 is 11.2 Å². The summed E-state index contributed by atoms with van der Waals surface area (Å²) in [5, 5.41) is 1.54. The van der Waals surface area contributed by atoms with Crippen molar-refractivity contribution in [3.05, 3.63) is 50.1 Å². The van der Waals surface area contributed by atoms with Crippen molar-refractivity contribution in [3.8, 4) is 11.4 Å². The molecular formula is C18H19ClN4O2S. The van der Waals surface area contributed by atoms with Crippen molar-refractivity contribution in [2.75, 3.05) is 5.75 Å². The van der Waals surface area contributed by atoms with Gasteiger partial charge in [-0.15, -0.1) is 11.8 Å². The number of nitrogens with zero attached hydrogens (tertiary/aromatic N) is 4. The van der Waals surface area contributed by atoms with Crippen LogP contribution in [0.15, 0.2) is 38.9 Å². The van der Waals surface area contributed by atoms with Gasteiger partial charge in [-0.1, -0.05) is 37.1 Å². The van der Waals surface area contributed by atoms with E-state index in [2.05, 4.69) is 16.9 Å². The van der Waals surface area contributed by atoms with Crippen molar-refractivity contribution >= 4 is 34.4 Å². The number of thioether (sulfide) groups is 1. The van der Waals surface area contributed by atoms with Crippen molar-refractivity contribution in [2.45, 2.75) is 24.8 Å². The van der Waals surface area contributed by atoms with Crippen LogP contribution in [-0.4, -0.2) is 24.9 Å². The van der Waals surface area contributed by atoms with Gasteiger partial charge in [0.15, 0.2) is 11.5 Å². The Balaban J connectivity index is 2.32. The van der Waals surface area contributed by atoms with Gasteiger partial charge in [-0.25, -0.2) is 14.8 Å². The van der Waals surface area contributed by atoms with Crippen LogP contribution in [0, 0.1) is 0 Å². The van der Waals surface area contributed by atoms with E-state index in [9.17, 15) is 9.59 Å². The quantitative estimate of drug-likeness (QED) is 0.380. The average Bonchev–Trinajstić information content (AvgIpc) is 2.64. The summed E-state index contributed by atoms with van der Waals surface area (Å²) in [6, 6.07) is 7.21. The van der Waals surface area contributed by atoms with Crippen LogP contribution >= 0.6 is 23.4 Å². The summed E-state index contributed by atoms with van der Waals surface area (Å²) in [6.07, 6.45) is 2.06. The molecule has 0 spiro atoms. The largest absolute Gasteiger partial charge is 0.332 e. The lowest BCUT2D eigenvalue weighted by atomic mass is 10.2. The lowest BCUT2D eigenvalue weighted by Crippen LogP contribution is -2.37. The molecule has 0 bridgehead atoms. The molecule has 3 aromatic rings. The number of hydrogen-bond acceptors (Lipinski definition) is 5. The minimum absolute atomic E-state index is 0.335. The van der Waals surface area contributed by atoms with Gasteiger partial charge in [-0.3, -0.25) is 13.9 Å². The number of hydrogen-bond donors (Lipinski definition) is 0. The van der Waals surface area contributed by atoms with E-state index in [-0.39, 0.29) is 5.56 Å². The number of fused-ring (bicyclic) bond motifs is 1. The first-order valence-corrected chi connectivity index (χ1v) is 9.67. The molecule has 0 atom stereocenters. The highest BCUT2D eigenvalue weighted by Crippen LogP contribution is 2.27.